The molecule has 0 amide bonds. The van der Waals surface area contributed by atoms with Crippen LogP contribution in [0.25, 0.3) is 0 Å². The van der Waals surface area contributed by atoms with Crippen LogP contribution in [0.1, 0.15) is 52.9 Å². The van der Waals surface area contributed by atoms with E-state index >= 15 is 0 Å². The normalized spacial score (nSPS) is 19.5. The third-order valence-corrected chi connectivity index (χ3v) is 2.48. The van der Waals surface area contributed by atoms with Crippen molar-refractivity contribution in [1.82, 2.24) is 0 Å². The Kier molecular flexibility index (Phi) is 3.83. The second-order valence-electron chi connectivity index (χ2n) is 5.34. The summed E-state index contributed by atoms with van der Waals surface area (Å²) in [6.45, 7) is 6.16. The highest BCUT2D eigenvalue weighted by Crippen LogP contribution is 2.26. The Morgan fingerprint density at radius 1 is 1.00 bits per heavy atom. The molecular weight excluding hydrogens is 184 g/mol. The molecule has 1 N–H and O–H groups in total. The lowest BCUT2D eigenvalue weighted by Gasteiger charge is -2.26. The standard InChI is InChI=1S/C14H20O/c1-13(2,3)9-7-8-12-14(15)10-5-4-6-11-14/h15H,4-6,10-11H2,1-3H3. The lowest BCUT2D eigenvalue weighted by atomic mass is 9.85. The van der Waals surface area contributed by atoms with Crippen molar-refractivity contribution in [3.05, 3.63) is 0 Å². The van der Waals surface area contributed by atoms with E-state index in [1.54, 1.807) is 0 Å². The number of rotatable bonds is 0. The molecule has 0 saturated heterocycles. The van der Waals surface area contributed by atoms with E-state index in [-0.39, 0.29) is 5.41 Å². The highest BCUT2D eigenvalue weighted by atomic mass is 16.3. The van der Waals surface area contributed by atoms with Crippen LogP contribution in [0.5, 0.6) is 0 Å². The van der Waals surface area contributed by atoms with Gasteiger partial charge in [0, 0.05) is 5.41 Å². The van der Waals surface area contributed by atoms with Gasteiger partial charge < -0.3 is 5.11 Å². The predicted molar refractivity (Wildman–Crippen MR) is 63.0 cm³/mol. The monoisotopic (exact) mass is 204 g/mol. The first-order chi connectivity index (χ1) is 6.91. The van der Waals surface area contributed by atoms with E-state index in [4.69, 9.17) is 0 Å². The Labute approximate surface area is 93.3 Å². The smallest absolute Gasteiger partial charge is 0.126 e. The highest BCUT2D eigenvalue weighted by molar-refractivity contribution is 5.31. The summed E-state index contributed by atoms with van der Waals surface area (Å²) in [5.74, 6) is 11.6. The van der Waals surface area contributed by atoms with Crippen molar-refractivity contribution in [2.75, 3.05) is 0 Å². The molecule has 0 aliphatic heterocycles. The average molecular weight is 204 g/mol. The van der Waals surface area contributed by atoms with Gasteiger partial charge in [-0.2, -0.15) is 0 Å². The largest absolute Gasteiger partial charge is 0.378 e. The lowest BCUT2D eigenvalue weighted by molar-refractivity contribution is 0.0610. The second kappa shape index (κ2) is 4.73. The summed E-state index contributed by atoms with van der Waals surface area (Å²) >= 11 is 0. The molecule has 0 aromatic rings. The molecule has 1 nitrogen and oxygen atoms in total. The summed E-state index contributed by atoms with van der Waals surface area (Å²) in [5, 5.41) is 10.1. The molecule has 0 aromatic heterocycles. The van der Waals surface area contributed by atoms with Crippen molar-refractivity contribution in [3.63, 3.8) is 0 Å². The molecule has 1 rings (SSSR count). The molecule has 82 valence electrons. The molecule has 1 fully saturated rings. The minimum absolute atomic E-state index is 0.0101. The minimum Gasteiger partial charge on any atom is -0.378 e. The first kappa shape index (κ1) is 12.2. The Bertz CT molecular complexity index is 318. The van der Waals surface area contributed by atoms with E-state index < -0.39 is 5.60 Å². The van der Waals surface area contributed by atoms with E-state index in [1.807, 2.05) is 0 Å². The summed E-state index contributed by atoms with van der Waals surface area (Å²) in [6, 6.07) is 0. The zero-order valence-corrected chi connectivity index (χ0v) is 9.98. The quantitative estimate of drug-likeness (QED) is 0.602. The van der Waals surface area contributed by atoms with Gasteiger partial charge in [0.25, 0.3) is 0 Å². The van der Waals surface area contributed by atoms with Crippen LogP contribution in [0.4, 0.5) is 0 Å². The van der Waals surface area contributed by atoms with Gasteiger partial charge >= 0.3 is 0 Å². The fourth-order valence-electron chi connectivity index (χ4n) is 1.63. The second-order valence-corrected chi connectivity index (χ2v) is 5.34. The molecular formula is C14H20O. The molecule has 1 aliphatic carbocycles. The van der Waals surface area contributed by atoms with Gasteiger partial charge in [-0.15, -0.1) is 0 Å². The van der Waals surface area contributed by atoms with Gasteiger partial charge in [0.2, 0.25) is 0 Å². The molecule has 0 spiro atoms. The first-order valence-electron chi connectivity index (χ1n) is 5.68. The van der Waals surface area contributed by atoms with Gasteiger partial charge in [0.15, 0.2) is 0 Å². The van der Waals surface area contributed by atoms with Gasteiger partial charge in [-0.1, -0.05) is 18.3 Å². The van der Waals surface area contributed by atoms with Gasteiger partial charge in [0.1, 0.15) is 5.60 Å². The van der Waals surface area contributed by atoms with Crippen molar-refractivity contribution in [1.29, 1.82) is 0 Å². The average Bonchev–Trinajstić information content (AvgIpc) is 2.12. The van der Waals surface area contributed by atoms with Gasteiger partial charge in [-0.25, -0.2) is 0 Å². The molecule has 1 heteroatoms. The van der Waals surface area contributed by atoms with Gasteiger partial charge in [-0.05, 0) is 58.3 Å². The zero-order chi connectivity index (χ0) is 11.4. The van der Waals surface area contributed by atoms with Crippen LogP contribution >= 0.6 is 0 Å². The van der Waals surface area contributed by atoms with E-state index in [0.717, 1.165) is 25.7 Å². The zero-order valence-electron chi connectivity index (χ0n) is 9.98. The topological polar surface area (TPSA) is 20.2 Å². The van der Waals surface area contributed by atoms with Crippen molar-refractivity contribution in [2.45, 2.75) is 58.5 Å². The maximum Gasteiger partial charge on any atom is 0.126 e. The minimum atomic E-state index is -0.759. The first-order valence-corrected chi connectivity index (χ1v) is 5.68. The lowest BCUT2D eigenvalue weighted by Crippen LogP contribution is -2.29. The summed E-state index contributed by atoms with van der Waals surface area (Å²) in [7, 11) is 0. The number of hydrogen-bond acceptors (Lipinski definition) is 1. The number of aliphatic hydroxyl groups is 1. The summed E-state index contributed by atoms with van der Waals surface area (Å²) < 4.78 is 0. The Hall–Kier alpha value is -0.920. The van der Waals surface area contributed by atoms with Crippen molar-refractivity contribution < 1.29 is 5.11 Å². The molecule has 1 aliphatic rings. The predicted octanol–water partition coefficient (Wildman–Crippen LogP) is 2.73. The van der Waals surface area contributed by atoms with E-state index in [2.05, 4.69) is 44.5 Å². The third-order valence-electron chi connectivity index (χ3n) is 2.48. The van der Waals surface area contributed by atoms with Crippen LogP contribution < -0.4 is 0 Å². The van der Waals surface area contributed by atoms with E-state index in [1.165, 1.54) is 6.42 Å². The Morgan fingerprint density at radius 3 is 2.13 bits per heavy atom. The third kappa shape index (κ3) is 4.91. The van der Waals surface area contributed by atoms with E-state index in [9.17, 15) is 5.11 Å². The van der Waals surface area contributed by atoms with Crippen LogP contribution in [0, 0.1) is 29.1 Å². The van der Waals surface area contributed by atoms with Crippen LogP contribution in [0.3, 0.4) is 0 Å². The molecule has 0 atom stereocenters. The molecule has 0 radical (unpaired) electrons. The maximum atomic E-state index is 10.1. The fourth-order valence-corrected chi connectivity index (χ4v) is 1.63. The molecule has 1 saturated carbocycles. The van der Waals surface area contributed by atoms with Crippen LogP contribution in [0.2, 0.25) is 0 Å². The summed E-state index contributed by atoms with van der Waals surface area (Å²) in [4.78, 5) is 0. The van der Waals surface area contributed by atoms with Crippen molar-refractivity contribution >= 4 is 0 Å². The Morgan fingerprint density at radius 2 is 1.60 bits per heavy atom. The molecule has 0 bridgehead atoms. The van der Waals surface area contributed by atoms with E-state index in [0.29, 0.717) is 0 Å². The van der Waals surface area contributed by atoms with Crippen LogP contribution in [-0.4, -0.2) is 10.7 Å². The highest BCUT2D eigenvalue weighted by Gasteiger charge is 2.26. The molecule has 0 aromatic carbocycles. The summed E-state index contributed by atoms with van der Waals surface area (Å²) in [5.41, 5.74) is -0.769. The summed E-state index contributed by atoms with van der Waals surface area (Å²) in [6.07, 6.45) is 4.99. The SMILES string of the molecule is CC(C)(C)C#CC#CC1(O)CCCCC1. The Balaban J connectivity index is 2.59. The number of hydrogen-bond donors (Lipinski definition) is 1. The van der Waals surface area contributed by atoms with Crippen molar-refractivity contribution in [2.24, 2.45) is 5.41 Å². The maximum absolute atomic E-state index is 10.1. The molecule has 0 unspecified atom stereocenters. The van der Waals surface area contributed by atoms with Gasteiger partial charge in [0.05, 0.1) is 0 Å². The van der Waals surface area contributed by atoms with Gasteiger partial charge in [-0.3, -0.25) is 0 Å². The molecule has 15 heavy (non-hydrogen) atoms. The fraction of sp³-hybridized carbons (Fsp3) is 0.714. The van der Waals surface area contributed by atoms with Crippen molar-refractivity contribution in [3.8, 4) is 23.7 Å². The van der Waals surface area contributed by atoms with Crippen LogP contribution in [0.15, 0.2) is 0 Å². The molecule has 0 heterocycles. The van der Waals surface area contributed by atoms with Crippen LogP contribution in [-0.2, 0) is 0 Å².